The quantitative estimate of drug-likeness (QED) is 0.607. The highest BCUT2D eigenvalue weighted by molar-refractivity contribution is 6.07. The highest BCUT2D eigenvalue weighted by atomic mass is 16.4. The summed E-state index contributed by atoms with van der Waals surface area (Å²) in [5, 5.41) is 4.38. The number of nitrogens with zero attached hydrogens (tertiary/aromatic N) is 4. The fourth-order valence-electron chi connectivity index (χ4n) is 4.61. The number of hydrogen-bond acceptors (Lipinski definition) is 6. The van der Waals surface area contributed by atoms with Crippen LogP contribution in [-0.4, -0.2) is 53.6 Å². The van der Waals surface area contributed by atoms with E-state index in [4.69, 9.17) is 4.42 Å². The Kier molecular flexibility index (Phi) is 6.12. The monoisotopic (exact) mass is 457 g/mol. The number of carbonyl (C=O) groups excluding carboxylic acids is 2. The van der Waals surface area contributed by atoms with Gasteiger partial charge >= 0.3 is 0 Å². The lowest BCUT2D eigenvalue weighted by atomic mass is 9.93. The Bertz CT molecular complexity index is 1210. The number of anilines is 1. The van der Waals surface area contributed by atoms with Crippen molar-refractivity contribution in [2.24, 2.45) is 5.10 Å². The molecule has 8 heteroatoms. The maximum absolute atomic E-state index is 13.3. The van der Waals surface area contributed by atoms with Gasteiger partial charge in [-0.25, -0.2) is 5.43 Å². The van der Waals surface area contributed by atoms with E-state index < -0.39 is 0 Å². The molecule has 2 aliphatic rings. The summed E-state index contributed by atoms with van der Waals surface area (Å²) in [5.41, 5.74) is 6.45. The molecule has 2 aromatic heterocycles. The first-order valence-electron chi connectivity index (χ1n) is 11.6. The zero-order valence-electron chi connectivity index (χ0n) is 19.2. The van der Waals surface area contributed by atoms with Crippen molar-refractivity contribution >= 4 is 23.2 Å². The minimum absolute atomic E-state index is 0.0866. The molecular weight excluding hydrogens is 430 g/mol. The molecule has 1 aliphatic heterocycles. The Morgan fingerprint density at radius 2 is 1.76 bits per heavy atom. The molecule has 8 nitrogen and oxygen atoms in total. The third-order valence-electron chi connectivity index (χ3n) is 6.40. The SMILES string of the molecule is Cc1c(C(=O)N2CCN(c3ccccc3)CC2)oc2c1/C(=N/NC(=O)c1ccccn1)CCC2. The van der Waals surface area contributed by atoms with E-state index in [0.717, 1.165) is 48.5 Å². The van der Waals surface area contributed by atoms with Crippen LogP contribution in [0.25, 0.3) is 0 Å². The number of piperazine rings is 1. The summed E-state index contributed by atoms with van der Waals surface area (Å²) in [7, 11) is 0. The van der Waals surface area contributed by atoms with Gasteiger partial charge in [0.1, 0.15) is 11.5 Å². The molecule has 34 heavy (non-hydrogen) atoms. The number of nitrogens with one attached hydrogen (secondary N) is 1. The topological polar surface area (TPSA) is 91.0 Å². The summed E-state index contributed by atoms with van der Waals surface area (Å²) in [6, 6.07) is 15.4. The van der Waals surface area contributed by atoms with Gasteiger partial charge in [-0.1, -0.05) is 24.3 Å². The number of fused-ring (bicyclic) bond motifs is 1. The van der Waals surface area contributed by atoms with Crippen molar-refractivity contribution in [1.29, 1.82) is 0 Å². The van der Waals surface area contributed by atoms with Crippen molar-refractivity contribution in [2.45, 2.75) is 26.2 Å². The standard InChI is InChI=1S/C26H27N5O3/c1-18-23-20(28-29-25(32)21-10-5-6-13-27-21)11-7-12-22(23)34-24(18)26(33)31-16-14-30(15-17-31)19-8-3-2-4-9-19/h2-6,8-10,13H,7,11-12,14-17H2,1H3,(H,29,32)/b28-20+. The number of furan rings is 1. The maximum Gasteiger partial charge on any atom is 0.289 e. The summed E-state index contributed by atoms with van der Waals surface area (Å²) in [6.45, 7) is 4.74. The van der Waals surface area contributed by atoms with Crippen molar-refractivity contribution in [1.82, 2.24) is 15.3 Å². The van der Waals surface area contributed by atoms with Gasteiger partial charge in [0, 0.05) is 55.6 Å². The molecule has 0 radical (unpaired) electrons. The van der Waals surface area contributed by atoms with Crippen molar-refractivity contribution in [3.05, 3.63) is 83.1 Å². The van der Waals surface area contributed by atoms with E-state index >= 15 is 0 Å². The van der Waals surface area contributed by atoms with E-state index in [1.165, 1.54) is 5.69 Å². The first-order chi connectivity index (χ1) is 16.6. The summed E-state index contributed by atoms with van der Waals surface area (Å²) in [4.78, 5) is 33.9. The largest absolute Gasteiger partial charge is 0.455 e. The van der Waals surface area contributed by atoms with Crippen LogP contribution < -0.4 is 10.3 Å². The van der Waals surface area contributed by atoms with Gasteiger partial charge in [0.05, 0.1) is 5.71 Å². The number of pyridine rings is 1. The molecule has 2 amide bonds. The lowest BCUT2D eigenvalue weighted by Gasteiger charge is -2.35. The van der Waals surface area contributed by atoms with Gasteiger partial charge in [-0.3, -0.25) is 14.6 Å². The first kappa shape index (κ1) is 21.9. The summed E-state index contributed by atoms with van der Waals surface area (Å²) >= 11 is 0. The molecule has 1 aromatic carbocycles. The van der Waals surface area contributed by atoms with Crippen LogP contribution in [0.15, 0.2) is 64.2 Å². The average molecular weight is 458 g/mol. The number of para-hydroxylation sites is 1. The van der Waals surface area contributed by atoms with Gasteiger partial charge in [0.15, 0.2) is 5.76 Å². The Morgan fingerprint density at radius 3 is 2.50 bits per heavy atom. The van der Waals surface area contributed by atoms with Gasteiger partial charge in [0.2, 0.25) is 0 Å². The zero-order valence-corrected chi connectivity index (χ0v) is 19.2. The first-order valence-corrected chi connectivity index (χ1v) is 11.6. The smallest absolute Gasteiger partial charge is 0.289 e. The molecule has 1 aliphatic carbocycles. The second-order valence-electron chi connectivity index (χ2n) is 8.54. The molecule has 0 spiro atoms. The van der Waals surface area contributed by atoms with Gasteiger partial charge in [-0.15, -0.1) is 0 Å². The minimum Gasteiger partial charge on any atom is -0.455 e. The highest BCUT2D eigenvalue weighted by Crippen LogP contribution is 2.31. The number of aromatic nitrogens is 1. The van der Waals surface area contributed by atoms with E-state index in [1.54, 1.807) is 24.4 Å². The molecule has 1 fully saturated rings. The third kappa shape index (κ3) is 4.31. The number of rotatable bonds is 4. The van der Waals surface area contributed by atoms with E-state index in [9.17, 15) is 9.59 Å². The normalized spacial score (nSPS) is 16.9. The molecule has 0 unspecified atom stereocenters. The lowest BCUT2D eigenvalue weighted by molar-refractivity contribution is 0.0711. The fourth-order valence-corrected chi connectivity index (χ4v) is 4.61. The predicted octanol–water partition coefficient (Wildman–Crippen LogP) is 3.42. The molecule has 3 aromatic rings. The van der Waals surface area contributed by atoms with Crippen LogP contribution in [0.3, 0.4) is 0 Å². The van der Waals surface area contributed by atoms with Gasteiger partial charge in [0.25, 0.3) is 11.8 Å². The van der Waals surface area contributed by atoms with Crippen LogP contribution >= 0.6 is 0 Å². The summed E-state index contributed by atoms with van der Waals surface area (Å²) in [5.74, 6) is 0.690. The number of benzene rings is 1. The number of carbonyl (C=O) groups is 2. The highest BCUT2D eigenvalue weighted by Gasteiger charge is 2.31. The molecule has 1 saturated heterocycles. The predicted molar refractivity (Wildman–Crippen MR) is 129 cm³/mol. The number of amides is 2. The fraction of sp³-hybridized carbons (Fsp3) is 0.308. The van der Waals surface area contributed by atoms with Gasteiger partial charge in [-0.05, 0) is 44.0 Å². The molecule has 5 rings (SSSR count). The van der Waals surface area contributed by atoms with Gasteiger partial charge in [-0.2, -0.15) is 5.10 Å². The second kappa shape index (κ2) is 9.51. The Labute approximate surface area is 198 Å². The van der Waals surface area contributed by atoms with Crippen LogP contribution in [0, 0.1) is 6.92 Å². The summed E-state index contributed by atoms with van der Waals surface area (Å²) in [6.07, 6.45) is 3.87. The number of hydrazone groups is 1. The molecule has 0 saturated carbocycles. The molecule has 3 heterocycles. The van der Waals surface area contributed by atoms with Crippen LogP contribution in [-0.2, 0) is 6.42 Å². The second-order valence-corrected chi connectivity index (χ2v) is 8.54. The maximum atomic E-state index is 13.3. The van der Waals surface area contributed by atoms with Crippen LogP contribution in [0.1, 0.15) is 50.8 Å². The van der Waals surface area contributed by atoms with E-state index in [-0.39, 0.29) is 11.8 Å². The van der Waals surface area contributed by atoms with E-state index in [1.807, 2.05) is 30.0 Å². The van der Waals surface area contributed by atoms with Crippen molar-refractivity contribution < 1.29 is 14.0 Å². The van der Waals surface area contributed by atoms with Crippen LogP contribution in [0.5, 0.6) is 0 Å². The zero-order chi connectivity index (χ0) is 23.5. The van der Waals surface area contributed by atoms with Crippen LogP contribution in [0.2, 0.25) is 0 Å². The third-order valence-corrected chi connectivity index (χ3v) is 6.40. The van der Waals surface area contributed by atoms with Crippen molar-refractivity contribution in [2.75, 3.05) is 31.1 Å². The average Bonchev–Trinajstić information content (AvgIpc) is 3.25. The number of aryl methyl sites for hydroxylation is 1. The Balaban J connectivity index is 1.31. The van der Waals surface area contributed by atoms with Crippen LogP contribution in [0.4, 0.5) is 5.69 Å². The molecule has 0 atom stereocenters. The van der Waals surface area contributed by atoms with Crippen molar-refractivity contribution in [3.8, 4) is 0 Å². The molecule has 1 N–H and O–H groups in total. The number of hydrogen-bond donors (Lipinski definition) is 1. The Morgan fingerprint density at radius 1 is 1.00 bits per heavy atom. The molecular formula is C26H27N5O3. The lowest BCUT2D eigenvalue weighted by Crippen LogP contribution is -2.48. The van der Waals surface area contributed by atoms with Crippen molar-refractivity contribution in [3.63, 3.8) is 0 Å². The summed E-state index contributed by atoms with van der Waals surface area (Å²) < 4.78 is 6.07. The molecule has 174 valence electrons. The minimum atomic E-state index is -0.367. The Hall–Kier alpha value is -3.94. The van der Waals surface area contributed by atoms with E-state index in [2.05, 4.69) is 32.5 Å². The van der Waals surface area contributed by atoms with E-state index in [0.29, 0.717) is 31.0 Å². The molecule has 0 bridgehead atoms. The van der Waals surface area contributed by atoms with Gasteiger partial charge < -0.3 is 14.2 Å².